The predicted molar refractivity (Wildman–Crippen MR) is 76.7 cm³/mol. The van der Waals surface area contributed by atoms with Crippen LogP contribution in [-0.4, -0.2) is 11.1 Å². The van der Waals surface area contributed by atoms with Gasteiger partial charge in [0, 0.05) is 6.08 Å². The van der Waals surface area contributed by atoms with Gasteiger partial charge in [-0.15, -0.1) is 0 Å². The molecule has 0 aliphatic carbocycles. The van der Waals surface area contributed by atoms with E-state index < -0.39 is 5.97 Å². The highest BCUT2D eigenvalue weighted by atomic mass is 16.4. The molecule has 0 radical (unpaired) electrons. The van der Waals surface area contributed by atoms with E-state index in [9.17, 15) is 4.79 Å². The molecule has 0 amide bonds. The molecule has 2 aromatic rings. The van der Waals surface area contributed by atoms with E-state index in [0.29, 0.717) is 0 Å². The molecule has 0 heterocycles. The number of hydrogen-bond donors (Lipinski definition) is 1. The topological polar surface area (TPSA) is 37.3 Å². The molecule has 94 valence electrons. The number of hydrogen-bond acceptors (Lipinski definition) is 1. The Morgan fingerprint density at radius 1 is 0.842 bits per heavy atom. The minimum atomic E-state index is -0.947. The molecular formula is C17H14O2. The molecule has 0 aliphatic heterocycles. The zero-order chi connectivity index (χ0) is 13.5. The van der Waals surface area contributed by atoms with Gasteiger partial charge in [0.15, 0.2) is 0 Å². The number of carbonyl (C=O) groups is 1. The van der Waals surface area contributed by atoms with Crippen molar-refractivity contribution >= 4 is 11.5 Å². The number of carboxylic acids is 1. The number of aliphatic carboxylic acids is 1. The molecule has 0 spiro atoms. The van der Waals surface area contributed by atoms with Gasteiger partial charge in [0.2, 0.25) is 0 Å². The molecule has 0 atom stereocenters. The van der Waals surface area contributed by atoms with Crippen molar-refractivity contribution in [3.8, 4) is 0 Å². The van der Waals surface area contributed by atoms with Gasteiger partial charge in [0.25, 0.3) is 0 Å². The third-order valence-corrected chi connectivity index (χ3v) is 2.67. The lowest BCUT2D eigenvalue weighted by atomic mass is 9.97. The quantitative estimate of drug-likeness (QED) is 0.662. The summed E-state index contributed by atoms with van der Waals surface area (Å²) in [7, 11) is 0. The molecule has 2 nitrogen and oxygen atoms in total. The van der Waals surface area contributed by atoms with Crippen LogP contribution in [0.1, 0.15) is 11.1 Å². The first-order chi connectivity index (χ1) is 9.27. The highest BCUT2D eigenvalue weighted by Gasteiger charge is 2.02. The van der Waals surface area contributed by atoms with Crippen molar-refractivity contribution in [2.24, 2.45) is 0 Å². The molecule has 0 fully saturated rings. The fourth-order valence-electron chi connectivity index (χ4n) is 1.82. The van der Waals surface area contributed by atoms with Gasteiger partial charge in [-0.3, -0.25) is 0 Å². The van der Waals surface area contributed by atoms with E-state index >= 15 is 0 Å². The van der Waals surface area contributed by atoms with Crippen molar-refractivity contribution in [1.82, 2.24) is 0 Å². The molecule has 0 saturated carbocycles. The van der Waals surface area contributed by atoms with Crippen molar-refractivity contribution in [3.63, 3.8) is 0 Å². The summed E-state index contributed by atoms with van der Waals surface area (Å²) in [5.41, 5.74) is 3.12. The van der Waals surface area contributed by atoms with Crippen LogP contribution < -0.4 is 0 Å². The smallest absolute Gasteiger partial charge is 0.328 e. The minimum Gasteiger partial charge on any atom is -0.478 e. The SMILES string of the molecule is O=C(O)/C=C/C=C(c1ccccc1)c1ccccc1. The molecule has 2 aromatic carbocycles. The Morgan fingerprint density at radius 3 is 1.74 bits per heavy atom. The Balaban J connectivity index is 2.43. The van der Waals surface area contributed by atoms with Crippen molar-refractivity contribution in [2.45, 2.75) is 0 Å². The second-order valence-electron chi connectivity index (χ2n) is 4.01. The van der Waals surface area contributed by atoms with Crippen LogP contribution in [0.25, 0.3) is 5.57 Å². The normalized spacial score (nSPS) is 10.3. The van der Waals surface area contributed by atoms with Crippen LogP contribution in [-0.2, 0) is 4.79 Å². The van der Waals surface area contributed by atoms with E-state index in [1.807, 2.05) is 66.7 Å². The van der Waals surface area contributed by atoms with E-state index in [4.69, 9.17) is 5.11 Å². The first kappa shape index (κ1) is 12.8. The van der Waals surface area contributed by atoms with Crippen LogP contribution >= 0.6 is 0 Å². The van der Waals surface area contributed by atoms with Crippen LogP contribution in [0.5, 0.6) is 0 Å². The average molecular weight is 250 g/mol. The zero-order valence-corrected chi connectivity index (χ0v) is 10.4. The average Bonchev–Trinajstić information content (AvgIpc) is 2.45. The molecular weight excluding hydrogens is 236 g/mol. The minimum absolute atomic E-state index is 0.947. The van der Waals surface area contributed by atoms with Gasteiger partial charge in [0.05, 0.1) is 0 Å². The molecule has 0 aromatic heterocycles. The van der Waals surface area contributed by atoms with E-state index in [-0.39, 0.29) is 0 Å². The van der Waals surface area contributed by atoms with Gasteiger partial charge in [0.1, 0.15) is 0 Å². The van der Waals surface area contributed by atoms with Crippen LogP contribution in [0.3, 0.4) is 0 Å². The molecule has 0 bridgehead atoms. The molecule has 1 N–H and O–H groups in total. The van der Waals surface area contributed by atoms with Crippen LogP contribution in [0.2, 0.25) is 0 Å². The van der Waals surface area contributed by atoms with Crippen molar-refractivity contribution in [1.29, 1.82) is 0 Å². The predicted octanol–water partition coefficient (Wildman–Crippen LogP) is 3.76. The number of carboxylic acid groups (broad SMARTS) is 1. The summed E-state index contributed by atoms with van der Waals surface area (Å²) in [5, 5.41) is 8.65. The summed E-state index contributed by atoms with van der Waals surface area (Å²) in [6, 6.07) is 19.8. The lowest BCUT2D eigenvalue weighted by molar-refractivity contribution is -0.131. The van der Waals surface area contributed by atoms with Crippen molar-refractivity contribution < 1.29 is 9.90 Å². The third-order valence-electron chi connectivity index (χ3n) is 2.67. The van der Waals surface area contributed by atoms with Gasteiger partial charge in [-0.05, 0) is 16.7 Å². The van der Waals surface area contributed by atoms with Gasteiger partial charge < -0.3 is 5.11 Å². The molecule has 0 aliphatic rings. The maximum Gasteiger partial charge on any atom is 0.328 e. The van der Waals surface area contributed by atoms with Crippen LogP contribution in [0.15, 0.2) is 78.9 Å². The molecule has 0 unspecified atom stereocenters. The molecule has 0 saturated heterocycles. The Bertz CT molecular complexity index is 554. The Hall–Kier alpha value is -2.61. The number of rotatable bonds is 4. The second-order valence-corrected chi connectivity index (χ2v) is 4.01. The van der Waals surface area contributed by atoms with Crippen LogP contribution in [0, 0.1) is 0 Å². The second kappa shape index (κ2) is 6.36. The summed E-state index contributed by atoms with van der Waals surface area (Å²) < 4.78 is 0. The summed E-state index contributed by atoms with van der Waals surface area (Å²) >= 11 is 0. The summed E-state index contributed by atoms with van der Waals surface area (Å²) in [6.45, 7) is 0. The Labute approximate surface area is 112 Å². The van der Waals surface area contributed by atoms with Gasteiger partial charge in [-0.2, -0.15) is 0 Å². The van der Waals surface area contributed by atoms with Crippen LogP contribution in [0.4, 0.5) is 0 Å². The first-order valence-electron chi connectivity index (χ1n) is 5.99. The van der Waals surface area contributed by atoms with E-state index in [1.54, 1.807) is 6.08 Å². The number of benzene rings is 2. The fraction of sp³-hybridized carbons (Fsp3) is 0. The van der Waals surface area contributed by atoms with E-state index in [0.717, 1.165) is 22.8 Å². The maximum atomic E-state index is 10.5. The zero-order valence-electron chi connectivity index (χ0n) is 10.4. The standard InChI is InChI=1S/C17H14O2/c18-17(19)13-7-12-16(14-8-3-1-4-9-14)15-10-5-2-6-11-15/h1-13H,(H,18,19)/b13-7+. The van der Waals surface area contributed by atoms with Gasteiger partial charge in [-0.1, -0.05) is 72.8 Å². The largest absolute Gasteiger partial charge is 0.478 e. The monoisotopic (exact) mass is 250 g/mol. The Kier molecular flexibility index (Phi) is 4.29. The molecule has 2 heteroatoms. The van der Waals surface area contributed by atoms with Crippen molar-refractivity contribution in [2.75, 3.05) is 0 Å². The highest BCUT2D eigenvalue weighted by molar-refractivity contribution is 5.83. The fourth-order valence-corrected chi connectivity index (χ4v) is 1.82. The summed E-state index contributed by atoms with van der Waals surface area (Å²) in [6.07, 6.45) is 4.50. The lowest BCUT2D eigenvalue weighted by Crippen LogP contribution is -1.88. The lowest BCUT2D eigenvalue weighted by Gasteiger charge is -2.07. The van der Waals surface area contributed by atoms with E-state index in [1.165, 1.54) is 0 Å². The third kappa shape index (κ3) is 3.68. The number of allylic oxidation sites excluding steroid dienone is 2. The molecule has 19 heavy (non-hydrogen) atoms. The van der Waals surface area contributed by atoms with Crippen molar-refractivity contribution in [3.05, 3.63) is 90.0 Å². The Morgan fingerprint density at radius 2 is 1.32 bits per heavy atom. The first-order valence-corrected chi connectivity index (χ1v) is 5.99. The van der Waals surface area contributed by atoms with E-state index in [2.05, 4.69) is 0 Å². The van der Waals surface area contributed by atoms with Gasteiger partial charge >= 0.3 is 5.97 Å². The highest BCUT2D eigenvalue weighted by Crippen LogP contribution is 2.22. The molecule has 2 rings (SSSR count). The summed E-state index contributed by atoms with van der Waals surface area (Å²) in [5.74, 6) is -0.947. The maximum absolute atomic E-state index is 10.5. The van der Waals surface area contributed by atoms with Gasteiger partial charge in [-0.25, -0.2) is 4.79 Å². The summed E-state index contributed by atoms with van der Waals surface area (Å²) in [4.78, 5) is 10.5.